The molecule has 128 valence electrons. The van der Waals surface area contributed by atoms with Crippen LogP contribution in [0.5, 0.6) is 0 Å². The number of amides is 1. The van der Waals surface area contributed by atoms with Crippen molar-refractivity contribution in [1.82, 2.24) is 9.38 Å². The number of benzene rings is 1. The van der Waals surface area contributed by atoms with Crippen LogP contribution in [0.15, 0.2) is 34.9 Å². The topological polar surface area (TPSA) is 89.5 Å². The zero-order valence-electron chi connectivity index (χ0n) is 12.6. The number of non-ortho nitro benzene ring substituents is 1. The molecule has 0 radical (unpaired) electrons. The Morgan fingerprint density at radius 3 is 2.76 bits per heavy atom. The smallest absolute Gasteiger partial charge is 0.274 e. The third kappa shape index (κ3) is 3.33. The number of nitro benzene ring substituents is 1. The van der Waals surface area contributed by atoms with Crippen molar-refractivity contribution < 1.29 is 9.72 Å². The molecule has 1 amide bonds. The molecule has 3 rings (SSSR count). The first-order chi connectivity index (χ1) is 11.8. The second kappa shape index (κ2) is 6.62. The molecule has 0 spiro atoms. The molecule has 0 aliphatic heterocycles. The van der Waals surface area contributed by atoms with E-state index in [2.05, 4.69) is 26.2 Å². The molecule has 10 heteroatoms. The van der Waals surface area contributed by atoms with Gasteiger partial charge in [-0.15, -0.1) is 0 Å². The molecule has 1 N–H and O–H groups in total. The summed E-state index contributed by atoms with van der Waals surface area (Å²) in [5.41, 5.74) is 1.20. The molecule has 0 bridgehead atoms. The summed E-state index contributed by atoms with van der Waals surface area (Å²) < 4.78 is 2.00. The summed E-state index contributed by atoms with van der Waals surface area (Å²) in [4.78, 5) is 27.4. The van der Waals surface area contributed by atoms with Gasteiger partial charge in [0.15, 0.2) is 5.65 Å². The Bertz CT molecular complexity index is 1040. The van der Waals surface area contributed by atoms with Crippen LogP contribution >= 0.6 is 39.1 Å². The largest absolute Gasteiger partial charge is 0.319 e. The maximum Gasteiger partial charge on any atom is 0.274 e. The van der Waals surface area contributed by atoms with Gasteiger partial charge < -0.3 is 5.32 Å². The highest BCUT2D eigenvalue weighted by molar-refractivity contribution is 9.10. The van der Waals surface area contributed by atoms with Gasteiger partial charge in [0.2, 0.25) is 0 Å². The normalized spacial score (nSPS) is 10.9. The highest BCUT2D eigenvalue weighted by atomic mass is 79.9. The minimum absolute atomic E-state index is 0.139. The number of pyridine rings is 1. The van der Waals surface area contributed by atoms with Crippen LogP contribution in [0, 0.1) is 17.0 Å². The average Bonchev–Trinajstić information content (AvgIpc) is 2.85. The number of halogens is 3. The number of rotatable bonds is 3. The van der Waals surface area contributed by atoms with Crippen LogP contribution in [-0.4, -0.2) is 20.2 Å². The van der Waals surface area contributed by atoms with Gasteiger partial charge in [-0.25, -0.2) is 4.98 Å². The SMILES string of the molecule is Cc1nc2c(Cl)cc(Cl)cn2c1C(=O)Nc1cc([N+](=O)[O-])ccc1Br. The summed E-state index contributed by atoms with van der Waals surface area (Å²) in [5.74, 6) is -0.496. The molecule has 3 aromatic rings. The van der Waals surface area contributed by atoms with E-state index in [1.54, 1.807) is 6.92 Å². The van der Waals surface area contributed by atoms with Crippen molar-refractivity contribution in [1.29, 1.82) is 0 Å². The van der Waals surface area contributed by atoms with Crippen molar-refractivity contribution in [3.8, 4) is 0 Å². The minimum atomic E-state index is -0.541. The first-order valence-electron chi connectivity index (χ1n) is 6.87. The molecule has 0 unspecified atom stereocenters. The molecular formula is C15H9BrCl2N4O3. The lowest BCUT2D eigenvalue weighted by Gasteiger charge is -2.08. The number of hydrogen-bond acceptors (Lipinski definition) is 4. The molecular weight excluding hydrogens is 435 g/mol. The first kappa shape index (κ1) is 17.7. The Morgan fingerprint density at radius 2 is 2.08 bits per heavy atom. The van der Waals surface area contributed by atoms with Gasteiger partial charge in [-0.3, -0.25) is 19.3 Å². The fraction of sp³-hybridized carbons (Fsp3) is 0.0667. The van der Waals surface area contributed by atoms with Gasteiger partial charge in [0.05, 0.1) is 26.3 Å². The lowest BCUT2D eigenvalue weighted by molar-refractivity contribution is -0.384. The summed E-state index contributed by atoms with van der Waals surface area (Å²) in [5, 5.41) is 14.2. The fourth-order valence-corrected chi connectivity index (χ4v) is 3.22. The van der Waals surface area contributed by atoms with Crippen LogP contribution in [0.4, 0.5) is 11.4 Å². The summed E-state index contributed by atoms with van der Waals surface area (Å²) in [6.45, 7) is 1.66. The van der Waals surface area contributed by atoms with Gasteiger partial charge in [0.1, 0.15) is 5.69 Å². The maximum atomic E-state index is 12.7. The quantitative estimate of drug-likeness (QED) is 0.461. The van der Waals surface area contributed by atoms with E-state index in [1.165, 1.54) is 34.9 Å². The Hall–Kier alpha value is -2.16. The van der Waals surface area contributed by atoms with Crippen LogP contribution in [0.2, 0.25) is 10.0 Å². The summed E-state index contributed by atoms with van der Waals surface area (Å²) in [7, 11) is 0. The molecule has 1 aromatic carbocycles. The molecule has 0 atom stereocenters. The molecule has 25 heavy (non-hydrogen) atoms. The van der Waals surface area contributed by atoms with E-state index in [1.807, 2.05) is 0 Å². The van der Waals surface area contributed by atoms with Gasteiger partial charge in [0, 0.05) is 22.8 Å². The Morgan fingerprint density at radius 1 is 1.36 bits per heavy atom. The summed E-state index contributed by atoms with van der Waals surface area (Å²) in [6, 6.07) is 5.62. The molecule has 0 aliphatic rings. The average molecular weight is 444 g/mol. The lowest BCUT2D eigenvalue weighted by Crippen LogP contribution is -2.16. The minimum Gasteiger partial charge on any atom is -0.319 e. The Labute approximate surface area is 159 Å². The number of carbonyl (C=O) groups is 1. The number of carbonyl (C=O) groups excluding carboxylic acids is 1. The number of nitrogens with one attached hydrogen (secondary N) is 1. The highest BCUT2D eigenvalue weighted by Gasteiger charge is 2.20. The van der Waals surface area contributed by atoms with Crippen LogP contribution in [0.1, 0.15) is 16.2 Å². The lowest BCUT2D eigenvalue weighted by atomic mass is 10.2. The predicted molar refractivity (Wildman–Crippen MR) is 98.7 cm³/mol. The van der Waals surface area contributed by atoms with Crippen LogP contribution < -0.4 is 5.32 Å². The zero-order chi connectivity index (χ0) is 18.3. The first-order valence-corrected chi connectivity index (χ1v) is 8.42. The number of aryl methyl sites for hydroxylation is 1. The third-order valence-corrected chi connectivity index (χ3v) is 4.62. The Balaban J connectivity index is 2.05. The molecule has 0 saturated heterocycles. The van der Waals surface area contributed by atoms with Crippen molar-refractivity contribution in [2.24, 2.45) is 0 Å². The van der Waals surface area contributed by atoms with E-state index in [-0.39, 0.29) is 17.1 Å². The van der Waals surface area contributed by atoms with E-state index >= 15 is 0 Å². The maximum absolute atomic E-state index is 12.7. The molecule has 0 fully saturated rings. The standard InChI is InChI=1S/C15H9BrCl2N4O3/c1-7-13(21-6-8(17)4-11(18)14(21)19-7)15(23)20-12-5-9(22(24)25)2-3-10(12)16/h2-6H,1H3,(H,20,23). The third-order valence-electron chi connectivity index (χ3n) is 3.44. The van der Waals surface area contributed by atoms with E-state index in [4.69, 9.17) is 23.2 Å². The molecule has 2 heterocycles. The molecule has 2 aromatic heterocycles. The van der Waals surface area contributed by atoms with Crippen LogP contribution in [0.25, 0.3) is 5.65 Å². The van der Waals surface area contributed by atoms with Gasteiger partial charge in [0.25, 0.3) is 11.6 Å². The van der Waals surface area contributed by atoms with Crippen LogP contribution in [-0.2, 0) is 0 Å². The number of fused-ring (bicyclic) bond motifs is 1. The second-order valence-electron chi connectivity index (χ2n) is 5.12. The second-order valence-corrected chi connectivity index (χ2v) is 6.82. The zero-order valence-corrected chi connectivity index (χ0v) is 15.7. The summed E-state index contributed by atoms with van der Waals surface area (Å²) in [6.07, 6.45) is 1.53. The highest BCUT2D eigenvalue weighted by Crippen LogP contribution is 2.29. The monoisotopic (exact) mass is 442 g/mol. The van der Waals surface area contributed by atoms with E-state index < -0.39 is 10.8 Å². The molecule has 0 aliphatic carbocycles. The van der Waals surface area contributed by atoms with E-state index in [0.29, 0.717) is 25.9 Å². The van der Waals surface area contributed by atoms with E-state index in [0.717, 1.165) is 0 Å². The predicted octanol–water partition coefficient (Wildman–Crippen LogP) is 4.87. The number of anilines is 1. The number of nitrogens with zero attached hydrogens (tertiary/aromatic N) is 3. The van der Waals surface area contributed by atoms with Gasteiger partial charge >= 0.3 is 0 Å². The van der Waals surface area contributed by atoms with Crippen molar-refractivity contribution in [3.05, 3.63) is 66.5 Å². The van der Waals surface area contributed by atoms with E-state index in [9.17, 15) is 14.9 Å². The number of nitro groups is 1. The van der Waals surface area contributed by atoms with Crippen molar-refractivity contribution in [2.45, 2.75) is 6.92 Å². The van der Waals surface area contributed by atoms with Gasteiger partial charge in [-0.05, 0) is 35.0 Å². The molecule has 0 saturated carbocycles. The van der Waals surface area contributed by atoms with Crippen molar-refractivity contribution >= 4 is 62.1 Å². The molecule has 7 nitrogen and oxygen atoms in total. The summed E-state index contributed by atoms with van der Waals surface area (Å²) >= 11 is 15.4. The van der Waals surface area contributed by atoms with Crippen molar-refractivity contribution in [3.63, 3.8) is 0 Å². The Kier molecular flexibility index (Phi) is 4.68. The number of imidazole rings is 1. The van der Waals surface area contributed by atoms with Gasteiger partial charge in [-0.2, -0.15) is 0 Å². The van der Waals surface area contributed by atoms with Gasteiger partial charge in [-0.1, -0.05) is 23.2 Å². The number of hydrogen-bond donors (Lipinski definition) is 1. The number of aromatic nitrogens is 2. The van der Waals surface area contributed by atoms with Crippen LogP contribution in [0.3, 0.4) is 0 Å². The fourth-order valence-electron chi connectivity index (χ4n) is 2.36. The van der Waals surface area contributed by atoms with Crippen molar-refractivity contribution in [2.75, 3.05) is 5.32 Å².